The first-order valence-corrected chi connectivity index (χ1v) is 9.23. The normalized spacial score (nSPS) is 11.1. The second-order valence-corrected chi connectivity index (χ2v) is 6.25. The lowest BCUT2D eigenvalue weighted by Crippen LogP contribution is -2.47. The monoisotopic (exact) mass is 399 g/mol. The molecule has 0 aliphatic carbocycles. The van der Waals surface area contributed by atoms with Gasteiger partial charge in [-0.05, 0) is 61.9 Å². The highest BCUT2D eigenvalue weighted by molar-refractivity contribution is 5.97. The van der Waals surface area contributed by atoms with Gasteiger partial charge >= 0.3 is 0 Å². The smallest absolute Gasteiger partial charge is 0.279 e. The lowest BCUT2D eigenvalue weighted by Gasteiger charge is -2.15. The van der Waals surface area contributed by atoms with Crippen molar-refractivity contribution < 1.29 is 23.9 Å². The van der Waals surface area contributed by atoms with Crippen LogP contribution in [0.5, 0.6) is 11.5 Å². The number of benzene rings is 2. The van der Waals surface area contributed by atoms with E-state index in [-0.39, 0.29) is 5.91 Å². The van der Waals surface area contributed by atoms with Crippen molar-refractivity contribution in [3.63, 3.8) is 0 Å². The Morgan fingerprint density at radius 1 is 0.931 bits per heavy atom. The van der Waals surface area contributed by atoms with Crippen LogP contribution in [0.25, 0.3) is 0 Å². The maximum absolute atomic E-state index is 12.2. The van der Waals surface area contributed by atoms with Gasteiger partial charge < -0.3 is 14.8 Å². The Morgan fingerprint density at radius 2 is 1.55 bits per heavy atom. The number of amides is 3. The summed E-state index contributed by atoms with van der Waals surface area (Å²) >= 11 is 0. The maximum Gasteiger partial charge on any atom is 0.279 e. The SMILES string of the molecule is CCCC(=O)Nc1ccc(C(=O)NNC(=O)C(C)Oc2ccc(OC)cc2)cc1. The van der Waals surface area contributed by atoms with E-state index in [4.69, 9.17) is 9.47 Å². The summed E-state index contributed by atoms with van der Waals surface area (Å²) in [6.45, 7) is 3.49. The van der Waals surface area contributed by atoms with Crippen LogP contribution in [0.2, 0.25) is 0 Å². The lowest BCUT2D eigenvalue weighted by atomic mass is 10.2. The third-order valence-electron chi connectivity index (χ3n) is 3.95. The van der Waals surface area contributed by atoms with Crippen LogP contribution in [0.15, 0.2) is 48.5 Å². The van der Waals surface area contributed by atoms with Crippen LogP contribution in [-0.4, -0.2) is 30.9 Å². The van der Waals surface area contributed by atoms with Crippen molar-refractivity contribution >= 4 is 23.4 Å². The summed E-state index contributed by atoms with van der Waals surface area (Å²) in [4.78, 5) is 35.9. The van der Waals surface area contributed by atoms with Gasteiger partial charge in [-0.2, -0.15) is 0 Å². The van der Waals surface area contributed by atoms with E-state index < -0.39 is 17.9 Å². The van der Waals surface area contributed by atoms with E-state index in [1.165, 1.54) is 0 Å². The molecule has 8 nitrogen and oxygen atoms in total. The summed E-state index contributed by atoms with van der Waals surface area (Å²) in [6.07, 6.45) is 0.373. The van der Waals surface area contributed by atoms with E-state index in [1.54, 1.807) is 62.6 Å². The molecule has 0 aromatic heterocycles. The second kappa shape index (κ2) is 10.7. The van der Waals surface area contributed by atoms with E-state index in [1.807, 2.05) is 6.92 Å². The fourth-order valence-electron chi connectivity index (χ4n) is 2.36. The first-order chi connectivity index (χ1) is 13.9. The van der Waals surface area contributed by atoms with E-state index >= 15 is 0 Å². The summed E-state index contributed by atoms with van der Waals surface area (Å²) in [6, 6.07) is 13.2. The summed E-state index contributed by atoms with van der Waals surface area (Å²) in [7, 11) is 1.56. The van der Waals surface area contributed by atoms with Gasteiger partial charge in [0.05, 0.1) is 7.11 Å². The van der Waals surface area contributed by atoms with Gasteiger partial charge in [0.15, 0.2) is 6.10 Å². The van der Waals surface area contributed by atoms with Crippen molar-refractivity contribution in [3.8, 4) is 11.5 Å². The average Bonchev–Trinajstić information content (AvgIpc) is 2.73. The first-order valence-electron chi connectivity index (χ1n) is 9.23. The molecule has 1 unspecified atom stereocenters. The van der Waals surface area contributed by atoms with Gasteiger partial charge in [-0.3, -0.25) is 25.2 Å². The van der Waals surface area contributed by atoms with Crippen molar-refractivity contribution in [2.45, 2.75) is 32.8 Å². The number of methoxy groups -OCH3 is 1. The standard InChI is InChI=1S/C21H25N3O5/c1-4-5-19(25)22-16-8-6-15(7-9-16)21(27)24-23-20(26)14(2)29-18-12-10-17(28-3)11-13-18/h6-14H,4-5H2,1-3H3,(H,22,25)(H,23,26)(H,24,27). The molecule has 2 aromatic rings. The molecule has 0 aliphatic heterocycles. The molecule has 154 valence electrons. The summed E-state index contributed by atoms with van der Waals surface area (Å²) < 4.78 is 10.6. The van der Waals surface area contributed by atoms with Crippen LogP contribution in [0.3, 0.4) is 0 Å². The predicted octanol–water partition coefficient (Wildman–Crippen LogP) is 2.66. The van der Waals surface area contributed by atoms with Gasteiger partial charge in [-0.25, -0.2) is 0 Å². The third kappa shape index (κ3) is 6.84. The summed E-state index contributed by atoms with van der Waals surface area (Å²) in [5, 5.41) is 2.74. The highest BCUT2D eigenvalue weighted by Crippen LogP contribution is 2.18. The molecule has 0 saturated carbocycles. The minimum atomic E-state index is -0.820. The molecule has 3 N–H and O–H groups in total. The van der Waals surface area contributed by atoms with Crippen molar-refractivity contribution in [1.29, 1.82) is 0 Å². The van der Waals surface area contributed by atoms with E-state index in [2.05, 4.69) is 16.2 Å². The number of hydrogen-bond donors (Lipinski definition) is 3. The third-order valence-corrected chi connectivity index (χ3v) is 3.95. The minimum Gasteiger partial charge on any atom is -0.497 e. The Hall–Kier alpha value is -3.55. The maximum atomic E-state index is 12.2. The van der Waals surface area contributed by atoms with Gasteiger partial charge in [0, 0.05) is 17.7 Å². The zero-order chi connectivity index (χ0) is 21.2. The van der Waals surface area contributed by atoms with Crippen LogP contribution < -0.4 is 25.6 Å². The Morgan fingerprint density at radius 3 is 2.14 bits per heavy atom. The summed E-state index contributed by atoms with van der Waals surface area (Å²) in [5.41, 5.74) is 5.61. The molecule has 0 radical (unpaired) electrons. The number of anilines is 1. The molecular weight excluding hydrogens is 374 g/mol. The number of ether oxygens (including phenoxy) is 2. The fourth-order valence-corrected chi connectivity index (χ4v) is 2.36. The molecule has 3 amide bonds. The molecule has 0 spiro atoms. The molecule has 0 fully saturated rings. The van der Waals surface area contributed by atoms with Crippen LogP contribution in [0.1, 0.15) is 37.0 Å². The van der Waals surface area contributed by atoms with Crippen molar-refractivity contribution in [3.05, 3.63) is 54.1 Å². The van der Waals surface area contributed by atoms with Crippen LogP contribution in [0.4, 0.5) is 5.69 Å². The van der Waals surface area contributed by atoms with Gasteiger partial charge in [-0.1, -0.05) is 6.92 Å². The molecular formula is C21H25N3O5. The van der Waals surface area contributed by atoms with Crippen molar-refractivity contribution in [2.75, 3.05) is 12.4 Å². The molecule has 8 heteroatoms. The molecule has 0 bridgehead atoms. The number of hydrazine groups is 1. The van der Waals surface area contributed by atoms with Crippen molar-refractivity contribution in [2.24, 2.45) is 0 Å². The molecule has 29 heavy (non-hydrogen) atoms. The average molecular weight is 399 g/mol. The number of rotatable bonds is 8. The van der Waals surface area contributed by atoms with Gasteiger partial charge in [-0.15, -0.1) is 0 Å². The highest BCUT2D eigenvalue weighted by Gasteiger charge is 2.16. The van der Waals surface area contributed by atoms with Crippen LogP contribution in [0, 0.1) is 0 Å². The Labute approximate surface area is 169 Å². The zero-order valence-electron chi connectivity index (χ0n) is 16.7. The van der Waals surface area contributed by atoms with Gasteiger partial charge in [0.2, 0.25) is 5.91 Å². The minimum absolute atomic E-state index is 0.0807. The second-order valence-electron chi connectivity index (χ2n) is 6.25. The first kappa shape index (κ1) is 21.7. The fraction of sp³-hybridized carbons (Fsp3) is 0.286. The summed E-state index contributed by atoms with van der Waals surface area (Å²) in [5.74, 6) is 0.111. The Balaban J connectivity index is 1.82. The topological polar surface area (TPSA) is 106 Å². The highest BCUT2D eigenvalue weighted by atomic mass is 16.5. The number of hydrogen-bond acceptors (Lipinski definition) is 5. The molecule has 1 atom stereocenters. The molecule has 0 aliphatic rings. The Bertz CT molecular complexity index is 834. The van der Waals surface area contributed by atoms with Crippen LogP contribution in [-0.2, 0) is 9.59 Å². The van der Waals surface area contributed by atoms with E-state index in [0.717, 1.165) is 6.42 Å². The van der Waals surface area contributed by atoms with Crippen molar-refractivity contribution in [1.82, 2.24) is 10.9 Å². The quantitative estimate of drug-likeness (QED) is 0.592. The number of carbonyl (C=O) groups is 3. The number of carbonyl (C=O) groups excluding carboxylic acids is 3. The largest absolute Gasteiger partial charge is 0.497 e. The van der Waals surface area contributed by atoms with Crippen LogP contribution >= 0.6 is 0 Å². The molecule has 0 saturated heterocycles. The van der Waals surface area contributed by atoms with E-state index in [9.17, 15) is 14.4 Å². The zero-order valence-corrected chi connectivity index (χ0v) is 16.7. The molecule has 0 heterocycles. The predicted molar refractivity (Wildman–Crippen MR) is 109 cm³/mol. The Kier molecular flexibility index (Phi) is 8.02. The lowest BCUT2D eigenvalue weighted by molar-refractivity contribution is -0.128. The number of nitrogens with one attached hydrogen (secondary N) is 3. The van der Waals surface area contributed by atoms with E-state index in [0.29, 0.717) is 29.2 Å². The molecule has 2 aromatic carbocycles. The van der Waals surface area contributed by atoms with Gasteiger partial charge in [0.1, 0.15) is 11.5 Å². The van der Waals surface area contributed by atoms with Gasteiger partial charge in [0.25, 0.3) is 11.8 Å². The molecule has 2 rings (SSSR count).